The molecule has 3 nitrogen and oxygen atoms in total. The minimum Gasteiger partial charge on any atom is -0.469 e. The van der Waals surface area contributed by atoms with Crippen LogP contribution in [0, 0.1) is 17.8 Å². The highest BCUT2D eigenvalue weighted by atomic mass is 16.5. The van der Waals surface area contributed by atoms with E-state index in [4.69, 9.17) is 0 Å². The van der Waals surface area contributed by atoms with Crippen LogP contribution in [0.4, 0.5) is 0 Å². The van der Waals surface area contributed by atoms with E-state index >= 15 is 0 Å². The summed E-state index contributed by atoms with van der Waals surface area (Å²) >= 11 is 0. The van der Waals surface area contributed by atoms with Gasteiger partial charge in [0.1, 0.15) is 0 Å². The Labute approximate surface area is 78.1 Å². The van der Waals surface area contributed by atoms with Crippen LogP contribution in [0.15, 0.2) is 0 Å². The second-order valence-electron chi connectivity index (χ2n) is 4.25. The lowest BCUT2D eigenvalue weighted by molar-refractivity contribution is -0.142. The number of aliphatic hydroxyl groups excluding tert-OH is 1. The average molecular weight is 184 g/mol. The van der Waals surface area contributed by atoms with Crippen molar-refractivity contribution in [2.75, 3.05) is 7.11 Å². The fourth-order valence-electron chi connectivity index (χ4n) is 2.58. The summed E-state index contributed by atoms with van der Waals surface area (Å²) in [4.78, 5) is 11.0. The van der Waals surface area contributed by atoms with Crippen molar-refractivity contribution in [2.24, 2.45) is 17.8 Å². The predicted octanol–water partition coefficient (Wildman–Crippen LogP) is 0.956. The summed E-state index contributed by atoms with van der Waals surface area (Å²) in [6.07, 6.45) is 3.41. The Morgan fingerprint density at radius 1 is 1.46 bits per heavy atom. The lowest BCUT2D eigenvalue weighted by Gasteiger charge is -2.23. The molecule has 13 heavy (non-hydrogen) atoms. The molecule has 3 heteroatoms. The van der Waals surface area contributed by atoms with Gasteiger partial charge >= 0.3 is 5.97 Å². The van der Waals surface area contributed by atoms with E-state index in [0.29, 0.717) is 24.2 Å². The van der Waals surface area contributed by atoms with E-state index in [2.05, 4.69) is 4.74 Å². The Morgan fingerprint density at radius 3 is 2.92 bits per heavy atom. The summed E-state index contributed by atoms with van der Waals surface area (Å²) in [7, 11) is 1.43. The van der Waals surface area contributed by atoms with E-state index in [-0.39, 0.29) is 12.1 Å². The third-order valence-corrected chi connectivity index (χ3v) is 3.48. The average Bonchev–Trinajstić information content (AvgIpc) is 2.90. The summed E-state index contributed by atoms with van der Waals surface area (Å²) in [5.41, 5.74) is 0. The van der Waals surface area contributed by atoms with Crippen LogP contribution in [0.3, 0.4) is 0 Å². The number of esters is 1. The number of aliphatic hydroxyl groups is 1. The molecule has 0 heterocycles. The molecule has 74 valence electrons. The molecule has 0 saturated heterocycles. The van der Waals surface area contributed by atoms with Gasteiger partial charge in [0.2, 0.25) is 0 Å². The van der Waals surface area contributed by atoms with Crippen molar-refractivity contribution in [1.82, 2.24) is 0 Å². The van der Waals surface area contributed by atoms with Crippen molar-refractivity contribution in [3.63, 3.8) is 0 Å². The quantitative estimate of drug-likeness (QED) is 0.650. The molecule has 0 aliphatic heterocycles. The predicted molar refractivity (Wildman–Crippen MR) is 47.0 cm³/mol. The molecule has 4 atom stereocenters. The molecule has 0 amide bonds. The van der Waals surface area contributed by atoms with Crippen LogP contribution < -0.4 is 0 Å². The van der Waals surface area contributed by atoms with Crippen molar-refractivity contribution in [3.05, 3.63) is 0 Å². The molecule has 2 fully saturated rings. The van der Waals surface area contributed by atoms with Gasteiger partial charge in [-0.05, 0) is 37.0 Å². The standard InChI is InChI=1S/C10H16O3/c1-13-10(12)4-6-2-3-9(11)8-5-7(6)8/h6-9,11H,2-5H2,1H3/t6?,7-,8-,9+/m1/s1. The Kier molecular flexibility index (Phi) is 2.28. The summed E-state index contributed by atoms with van der Waals surface area (Å²) in [6.45, 7) is 0. The first-order valence-corrected chi connectivity index (χ1v) is 4.97. The number of carbonyl (C=O) groups is 1. The number of ether oxygens (including phenoxy) is 1. The van der Waals surface area contributed by atoms with Gasteiger partial charge in [-0.15, -0.1) is 0 Å². The van der Waals surface area contributed by atoms with Crippen LogP contribution in [0.2, 0.25) is 0 Å². The van der Waals surface area contributed by atoms with Crippen molar-refractivity contribution < 1.29 is 14.6 Å². The Morgan fingerprint density at radius 2 is 2.23 bits per heavy atom. The van der Waals surface area contributed by atoms with Crippen LogP contribution in [0.5, 0.6) is 0 Å². The number of carbonyl (C=O) groups excluding carboxylic acids is 1. The third-order valence-electron chi connectivity index (χ3n) is 3.48. The SMILES string of the molecule is COC(=O)CC1CC[C@H](O)[C@@H]2C[C@H]12. The normalized spacial score (nSPS) is 42.3. The van der Waals surface area contributed by atoms with E-state index in [1.54, 1.807) is 0 Å². The molecule has 0 spiro atoms. The van der Waals surface area contributed by atoms with Gasteiger partial charge in [-0.3, -0.25) is 4.79 Å². The van der Waals surface area contributed by atoms with Gasteiger partial charge in [0.15, 0.2) is 0 Å². The lowest BCUT2D eigenvalue weighted by Crippen LogP contribution is -2.23. The van der Waals surface area contributed by atoms with E-state index in [1.807, 2.05) is 0 Å². The number of methoxy groups -OCH3 is 1. The molecular formula is C10H16O3. The summed E-state index contributed by atoms with van der Waals surface area (Å²) in [5, 5.41) is 9.51. The first-order valence-electron chi connectivity index (χ1n) is 4.97. The van der Waals surface area contributed by atoms with Gasteiger partial charge < -0.3 is 9.84 Å². The maximum atomic E-state index is 11.0. The summed E-state index contributed by atoms with van der Waals surface area (Å²) in [5.74, 6) is 1.46. The van der Waals surface area contributed by atoms with E-state index in [1.165, 1.54) is 7.11 Å². The molecule has 1 N–H and O–H groups in total. The summed E-state index contributed by atoms with van der Waals surface area (Å²) in [6, 6.07) is 0. The second kappa shape index (κ2) is 3.29. The Bertz CT molecular complexity index is 214. The van der Waals surface area contributed by atoms with Gasteiger partial charge in [-0.2, -0.15) is 0 Å². The Hall–Kier alpha value is -0.570. The highest BCUT2D eigenvalue weighted by Crippen LogP contribution is 2.53. The highest BCUT2D eigenvalue weighted by Gasteiger charge is 2.50. The van der Waals surface area contributed by atoms with Gasteiger partial charge in [-0.1, -0.05) is 0 Å². The molecule has 2 aliphatic carbocycles. The molecule has 0 bridgehead atoms. The van der Waals surface area contributed by atoms with Crippen LogP contribution in [-0.4, -0.2) is 24.3 Å². The van der Waals surface area contributed by atoms with Crippen LogP contribution in [0.25, 0.3) is 0 Å². The van der Waals surface area contributed by atoms with E-state index < -0.39 is 0 Å². The molecular weight excluding hydrogens is 168 g/mol. The molecule has 0 radical (unpaired) electrons. The third kappa shape index (κ3) is 1.70. The number of hydrogen-bond acceptors (Lipinski definition) is 3. The molecule has 2 rings (SSSR count). The minimum absolute atomic E-state index is 0.0982. The summed E-state index contributed by atoms with van der Waals surface area (Å²) < 4.78 is 4.65. The smallest absolute Gasteiger partial charge is 0.305 e. The molecule has 0 aromatic heterocycles. The molecule has 2 saturated carbocycles. The molecule has 2 aliphatic rings. The highest BCUT2D eigenvalue weighted by molar-refractivity contribution is 5.69. The van der Waals surface area contributed by atoms with Crippen molar-refractivity contribution in [3.8, 4) is 0 Å². The lowest BCUT2D eigenvalue weighted by atomic mass is 9.85. The fraction of sp³-hybridized carbons (Fsp3) is 0.900. The number of hydrogen-bond donors (Lipinski definition) is 1. The van der Waals surface area contributed by atoms with Crippen molar-refractivity contribution in [2.45, 2.75) is 31.8 Å². The zero-order valence-corrected chi connectivity index (χ0v) is 7.90. The first kappa shape index (κ1) is 9.00. The van der Waals surface area contributed by atoms with Crippen LogP contribution >= 0.6 is 0 Å². The van der Waals surface area contributed by atoms with Crippen LogP contribution in [0.1, 0.15) is 25.7 Å². The zero-order valence-electron chi connectivity index (χ0n) is 7.90. The van der Waals surface area contributed by atoms with E-state index in [9.17, 15) is 9.90 Å². The Balaban J connectivity index is 1.85. The van der Waals surface area contributed by atoms with Crippen LogP contribution in [-0.2, 0) is 9.53 Å². The van der Waals surface area contributed by atoms with Crippen molar-refractivity contribution >= 4 is 5.97 Å². The van der Waals surface area contributed by atoms with Gasteiger partial charge in [0, 0.05) is 6.42 Å². The van der Waals surface area contributed by atoms with Crippen molar-refractivity contribution in [1.29, 1.82) is 0 Å². The minimum atomic E-state index is -0.105. The van der Waals surface area contributed by atoms with Gasteiger partial charge in [-0.25, -0.2) is 0 Å². The van der Waals surface area contributed by atoms with E-state index in [0.717, 1.165) is 19.3 Å². The molecule has 1 unspecified atom stereocenters. The maximum Gasteiger partial charge on any atom is 0.305 e. The molecule has 0 aromatic rings. The van der Waals surface area contributed by atoms with Gasteiger partial charge in [0.25, 0.3) is 0 Å². The number of rotatable bonds is 2. The zero-order chi connectivity index (χ0) is 9.42. The number of fused-ring (bicyclic) bond motifs is 1. The fourth-order valence-corrected chi connectivity index (χ4v) is 2.58. The largest absolute Gasteiger partial charge is 0.469 e. The maximum absolute atomic E-state index is 11.0. The second-order valence-corrected chi connectivity index (χ2v) is 4.25. The van der Waals surface area contributed by atoms with Gasteiger partial charge in [0.05, 0.1) is 13.2 Å². The first-order chi connectivity index (χ1) is 6.22. The molecule has 0 aromatic carbocycles. The topological polar surface area (TPSA) is 46.5 Å². The monoisotopic (exact) mass is 184 g/mol.